The van der Waals surface area contributed by atoms with Crippen molar-refractivity contribution in [3.05, 3.63) is 62.1 Å². The number of nitro benzene ring substituents is 1. The van der Waals surface area contributed by atoms with E-state index >= 15 is 0 Å². The minimum absolute atomic E-state index is 0.0934. The zero-order chi connectivity index (χ0) is 15.6. The van der Waals surface area contributed by atoms with Crippen molar-refractivity contribution >= 4 is 34.7 Å². The molecule has 0 aromatic heterocycles. The molecule has 0 spiro atoms. The van der Waals surface area contributed by atoms with Crippen LogP contribution in [0, 0.1) is 10.1 Å². The molecule has 0 atom stereocenters. The third-order valence-corrected chi connectivity index (χ3v) is 3.28. The van der Waals surface area contributed by atoms with E-state index in [1.807, 2.05) is 0 Å². The van der Waals surface area contributed by atoms with Crippen LogP contribution in [-0.2, 0) is 0 Å². The van der Waals surface area contributed by atoms with Crippen molar-refractivity contribution < 1.29 is 14.5 Å². The summed E-state index contributed by atoms with van der Waals surface area (Å²) in [5.74, 6) is 0.425. The van der Waals surface area contributed by atoms with Crippen molar-refractivity contribution in [2.75, 3.05) is 0 Å². The number of hydrogen-bond donors (Lipinski definition) is 0. The van der Waals surface area contributed by atoms with Crippen LogP contribution in [0.5, 0.6) is 11.5 Å². The predicted octanol–water partition coefficient (Wildman–Crippen LogP) is 4.90. The van der Waals surface area contributed by atoms with Gasteiger partial charge in [-0.3, -0.25) is 14.9 Å². The summed E-state index contributed by atoms with van der Waals surface area (Å²) in [6.45, 7) is 1.43. The fourth-order valence-electron chi connectivity index (χ4n) is 1.61. The van der Waals surface area contributed by atoms with Gasteiger partial charge in [0.1, 0.15) is 11.5 Å². The minimum Gasteiger partial charge on any atom is -0.454 e. The molecule has 0 radical (unpaired) electrons. The molecule has 0 saturated carbocycles. The Morgan fingerprint density at radius 1 is 1.10 bits per heavy atom. The first-order valence-electron chi connectivity index (χ1n) is 5.81. The summed E-state index contributed by atoms with van der Waals surface area (Å²) in [6.07, 6.45) is 0. The van der Waals surface area contributed by atoms with E-state index in [2.05, 4.69) is 0 Å². The number of nitro groups is 1. The van der Waals surface area contributed by atoms with Gasteiger partial charge in [-0.15, -0.1) is 0 Å². The van der Waals surface area contributed by atoms with E-state index in [4.69, 9.17) is 27.9 Å². The molecule has 0 unspecified atom stereocenters. The van der Waals surface area contributed by atoms with Gasteiger partial charge >= 0.3 is 0 Å². The number of ether oxygens (including phenoxy) is 1. The van der Waals surface area contributed by atoms with E-state index in [1.165, 1.54) is 37.3 Å². The van der Waals surface area contributed by atoms with Crippen molar-refractivity contribution in [2.24, 2.45) is 0 Å². The van der Waals surface area contributed by atoms with Gasteiger partial charge in [-0.25, -0.2) is 0 Å². The van der Waals surface area contributed by atoms with E-state index in [1.54, 1.807) is 6.07 Å². The first-order chi connectivity index (χ1) is 9.88. The minimum atomic E-state index is -0.551. The van der Waals surface area contributed by atoms with Crippen LogP contribution in [0.4, 0.5) is 5.69 Å². The molecule has 0 amide bonds. The molecule has 2 rings (SSSR count). The summed E-state index contributed by atoms with van der Waals surface area (Å²) < 4.78 is 5.51. The second-order valence-corrected chi connectivity index (χ2v) is 4.99. The highest BCUT2D eigenvalue weighted by molar-refractivity contribution is 6.33. The molecular formula is C14H9Cl2NO4. The van der Waals surface area contributed by atoms with Crippen LogP contribution in [0.2, 0.25) is 10.0 Å². The van der Waals surface area contributed by atoms with Crippen LogP contribution in [0.25, 0.3) is 0 Å². The second-order valence-electron chi connectivity index (χ2n) is 4.18. The van der Waals surface area contributed by atoms with Crippen LogP contribution < -0.4 is 4.74 Å². The summed E-state index contributed by atoms with van der Waals surface area (Å²) in [5.41, 5.74) is 0.326. The largest absolute Gasteiger partial charge is 0.454 e. The highest BCUT2D eigenvalue weighted by atomic mass is 35.5. The van der Waals surface area contributed by atoms with Gasteiger partial charge in [0.25, 0.3) is 5.69 Å². The van der Waals surface area contributed by atoms with E-state index in [0.717, 1.165) is 0 Å². The first-order valence-corrected chi connectivity index (χ1v) is 6.56. The summed E-state index contributed by atoms with van der Waals surface area (Å²) >= 11 is 12.0. The van der Waals surface area contributed by atoms with Crippen LogP contribution in [0.3, 0.4) is 0 Å². The quantitative estimate of drug-likeness (QED) is 0.455. The van der Waals surface area contributed by atoms with Gasteiger partial charge in [-0.2, -0.15) is 0 Å². The van der Waals surface area contributed by atoms with Crippen molar-refractivity contribution in [2.45, 2.75) is 6.92 Å². The van der Waals surface area contributed by atoms with Gasteiger partial charge in [0.2, 0.25) is 0 Å². The lowest BCUT2D eigenvalue weighted by atomic mass is 10.1. The van der Waals surface area contributed by atoms with Crippen LogP contribution in [0.15, 0.2) is 36.4 Å². The molecule has 0 aliphatic carbocycles. The zero-order valence-corrected chi connectivity index (χ0v) is 12.3. The smallest absolute Gasteiger partial charge is 0.271 e. The molecule has 0 heterocycles. The zero-order valence-electron chi connectivity index (χ0n) is 10.8. The molecule has 2 aromatic rings. The van der Waals surface area contributed by atoms with Gasteiger partial charge < -0.3 is 4.74 Å². The number of rotatable bonds is 4. The van der Waals surface area contributed by atoms with Crippen molar-refractivity contribution in [1.82, 2.24) is 0 Å². The fourth-order valence-corrected chi connectivity index (χ4v) is 2.04. The summed E-state index contributed by atoms with van der Waals surface area (Å²) in [7, 11) is 0. The highest BCUT2D eigenvalue weighted by Gasteiger charge is 2.13. The number of ketones is 1. The van der Waals surface area contributed by atoms with Crippen LogP contribution in [0.1, 0.15) is 17.3 Å². The number of carbonyl (C=O) groups is 1. The van der Waals surface area contributed by atoms with Crippen molar-refractivity contribution in [3.8, 4) is 11.5 Å². The molecule has 0 aliphatic rings. The van der Waals surface area contributed by atoms with E-state index in [9.17, 15) is 14.9 Å². The van der Waals surface area contributed by atoms with Crippen molar-refractivity contribution in [1.29, 1.82) is 0 Å². The lowest BCUT2D eigenvalue weighted by Crippen LogP contribution is -1.94. The second kappa shape index (κ2) is 6.11. The molecule has 0 aliphatic heterocycles. The Kier molecular flexibility index (Phi) is 4.45. The fraction of sp³-hybridized carbons (Fsp3) is 0.0714. The molecule has 2 aromatic carbocycles. The predicted molar refractivity (Wildman–Crippen MR) is 79.6 cm³/mol. The Labute approximate surface area is 130 Å². The Bertz CT molecular complexity index is 669. The number of Topliss-reactive ketones (excluding diaryl/α,β-unsaturated/α-hetero) is 1. The Hall–Kier alpha value is -2.11. The number of carbonyl (C=O) groups excluding carboxylic acids is 1. The Balaban J connectivity index is 2.30. The Morgan fingerprint density at radius 3 is 2.14 bits per heavy atom. The van der Waals surface area contributed by atoms with Crippen LogP contribution in [-0.4, -0.2) is 10.7 Å². The maximum absolute atomic E-state index is 11.2. The molecule has 0 fully saturated rings. The monoisotopic (exact) mass is 325 g/mol. The van der Waals surface area contributed by atoms with Gasteiger partial charge in [0.15, 0.2) is 5.78 Å². The lowest BCUT2D eigenvalue weighted by molar-refractivity contribution is -0.384. The normalized spacial score (nSPS) is 10.2. The summed E-state index contributed by atoms with van der Waals surface area (Å²) in [5, 5.41) is 11.0. The molecule has 0 bridgehead atoms. The topological polar surface area (TPSA) is 69.4 Å². The molecule has 7 heteroatoms. The number of hydrogen-bond acceptors (Lipinski definition) is 4. The van der Waals surface area contributed by atoms with E-state index in [0.29, 0.717) is 11.3 Å². The maximum Gasteiger partial charge on any atom is 0.271 e. The molecule has 108 valence electrons. The van der Waals surface area contributed by atoms with Gasteiger partial charge in [0.05, 0.1) is 15.0 Å². The molecule has 0 saturated heterocycles. The Morgan fingerprint density at radius 2 is 1.67 bits per heavy atom. The highest BCUT2D eigenvalue weighted by Crippen LogP contribution is 2.35. The number of benzene rings is 2. The lowest BCUT2D eigenvalue weighted by Gasteiger charge is -2.09. The average molecular weight is 326 g/mol. The van der Waals surface area contributed by atoms with E-state index in [-0.39, 0.29) is 27.3 Å². The van der Waals surface area contributed by atoms with E-state index < -0.39 is 4.92 Å². The third kappa shape index (κ3) is 3.51. The van der Waals surface area contributed by atoms with Gasteiger partial charge in [-0.05, 0) is 31.2 Å². The van der Waals surface area contributed by atoms with Gasteiger partial charge in [0, 0.05) is 17.7 Å². The molecular weight excluding hydrogens is 317 g/mol. The maximum atomic E-state index is 11.2. The number of nitrogens with zero attached hydrogens (tertiary/aromatic N) is 1. The number of non-ortho nitro benzene ring substituents is 1. The third-order valence-electron chi connectivity index (χ3n) is 2.68. The summed E-state index contributed by atoms with van der Waals surface area (Å²) in [4.78, 5) is 21.3. The molecule has 5 nitrogen and oxygen atoms in total. The average Bonchev–Trinajstić information content (AvgIpc) is 2.42. The first kappa shape index (κ1) is 15.3. The van der Waals surface area contributed by atoms with Crippen LogP contribution >= 0.6 is 23.2 Å². The molecule has 0 N–H and O–H groups in total. The van der Waals surface area contributed by atoms with Crippen molar-refractivity contribution in [3.63, 3.8) is 0 Å². The summed E-state index contributed by atoms with van der Waals surface area (Å²) in [6, 6.07) is 8.45. The SMILES string of the molecule is CC(=O)c1ccc(Oc2ccc([N+](=O)[O-])cc2Cl)c(Cl)c1. The van der Waals surface area contributed by atoms with Gasteiger partial charge in [-0.1, -0.05) is 23.2 Å². The number of halogens is 2. The molecule has 21 heavy (non-hydrogen) atoms. The standard InChI is InChI=1S/C14H9Cl2NO4/c1-8(18)9-2-4-13(11(15)6-9)21-14-5-3-10(17(19)20)7-12(14)16/h2-7H,1H3.